The molecule has 1 aromatic heterocycles. The van der Waals surface area contributed by atoms with Gasteiger partial charge in [-0.25, -0.2) is 0 Å². The van der Waals surface area contributed by atoms with Crippen LogP contribution in [0.2, 0.25) is 0 Å². The van der Waals surface area contributed by atoms with Crippen LogP contribution in [0.3, 0.4) is 0 Å². The summed E-state index contributed by atoms with van der Waals surface area (Å²) in [5.74, 6) is 1.36. The smallest absolute Gasteiger partial charge is 0.192 e. The highest BCUT2D eigenvalue weighted by atomic mass is 16.6. The zero-order valence-electron chi connectivity index (χ0n) is 10.5. The first-order valence-electron chi connectivity index (χ1n) is 6.16. The number of pyridine rings is 1. The molecule has 0 saturated carbocycles. The molecule has 4 heteroatoms. The zero-order valence-corrected chi connectivity index (χ0v) is 10.5. The predicted octanol–water partition coefficient (Wildman–Crippen LogP) is 2.17. The average Bonchev–Trinajstić information content (AvgIpc) is 2.41. The Kier molecular flexibility index (Phi) is 2.51. The number of hydrogen-bond donors (Lipinski definition) is 1. The van der Waals surface area contributed by atoms with Crippen LogP contribution in [0.5, 0.6) is 11.5 Å². The van der Waals surface area contributed by atoms with Crippen molar-refractivity contribution in [2.75, 3.05) is 13.2 Å². The van der Waals surface area contributed by atoms with E-state index in [4.69, 9.17) is 9.47 Å². The largest absolute Gasteiger partial charge is 0.486 e. The monoisotopic (exact) mass is 245 g/mol. The van der Waals surface area contributed by atoms with Crippen molar-refractivity contribution in [3.63, 3.8) is 0 Å². The van der Waals surface area contributed by atoms with Gasteiger partial charge in [0.25, 0.3) is 0 Å². The highest BCUT2D eigenvalue weighted by molar-refractivity contribution is 5.83. The highest BCUT2D eigenvalue weighted by Crippen LogP contribution is 2.33. The first-order valence-corrected chi connectivity index (χ1v) is 6.16. The summed E-state index contributed by atoms with van der Waals surface area (Å²) in [6.07, 6.45) is 0.811. The van der Waals surface area contributed by atoms with E-state index >= 15 is 0 Å². The first-order chi connectivity index (χ1) is 8.70. The molecule has 1 aromatic carbocycles. The summed E-state index contributed by atoms with van der Waals surface area (Å²) in [6, 6.07) is 3.62. The summed E-state index contributed by atoms with van der Waals surface area (Å²) in [6.45, 7) is 4.97. The van der Waals surface area contributed by atoms with Crippen LogP contribution >= 0.6 is 0 Å². The number of aryl methyl sites for hydroxylation is 1. The maximum atomic E-state index is 12.3. The molecule has 0 radical (unpaired) electrons. The van der Waals surface area contributed by atoms with Gasteiger partial charge in [-0.15, -0.1) is 0 Å². The van der Waals surface area contributed by atoms with Crippen molar-refractivity contribution in [2.24, 2.45) is 0 Å². The number of rotatable bonds is 1. The number of aromatic nitrogens is 1. The normalized spacial score (nSPS) is 13.9. The lowest BCUT2D eigenvalue weighted by Crippen LogP contribution is -2.17. The van der Waals surface area contributed by atoms with Crippen LogP contribution in [0.4, 0.5) is 0 Å². The van der Waals surface area contributed by atoms with Crippen molar-refractivity contribution in [1.82, 2.24) is 4.98 Å². The molecule has 1 N–H and O–H groups in total. The lowest BCUT2D eigenvalue weighted by molar-refractivity contribution is 0.172. The van der Waals surface area contributed by atoms with E-state index in [0.717, 1.165) is 23.2 Å². The molecule has 4 nitrogen and oxygen atoms in total. The summed E-state index contributed by atoms with van der Waals surface area (Å²) in [7, 11) is 0. The number of hydrogen-bond acceptors (Lipinski definition) is 3. The quantitative estimate of drug-likeness (QED) is 0.837. The van der Waals surface area contributed by atoms with Crippen molar-refractivity contribution < 1.29 is 9.47 Å². The summed E-state index contributed by atoms with van der Waals surface area (Å²) in [5.41, 5.74) is 2.63. The van der Waals surface area contributed by atoms with E-state index in [-0.39, 0.29) is 5.43 Å². The molecule has 0 fully saturated rings. The number of nitrogens with one attached hydrogen (secondary N) is 1. The molecule has 0 unspecified atom stereocenters. The number of aromatic amines is 1. The Morgan fingerprint density at radius 2 is 1.89 bits per heavy atom. The molecule has 3 rings (SSSR count). The molecule has 0 bridgehead atoms. The minimum Gasteiger partial charge on any atom is -0.486 e. The summed E-state index contributed by atoms with van der Waals surface area (Å²) in [4.78, 5) is 15.6. The standard InChI is InChI=1S/C14H15NO3/c1-3-10-8(2)14(16)9-6-12-13(7-11(9)15-10)18-5-4-17-12/h6-7H,3-5H2,1-2H3,(H,15,16). The van der Waals surface area contributed by atoms with Gasteiger partial charge in [-0.05, 0) is 19.4 Å². The van der Waals surface area contributed by atoms with Crippen molar-refractivity contribution in [3.05, 3.63) is 33.6 Å². The van der Waals surface area contributed by atoms with E-state index in [1.54, 1.807) is 6.07 Å². The van der Waals surface area contributed by atoms with E-state index in [2.05, 4.69) is 4.98 Å². The van der Waals surface area contributed by atoms with Crippen LogP contribution in [0.15, 0.2) is 16.9 Å². The Balaban J connectivity index is 2.34. The third kappa shape index (κ3) is 1.56. The Labute approximate surface area is 105 Å². The second-order valence-corrected chi connectivity index (χ2v) is 4.45. The van der Waals surface area contributed by atoms with E-state index in [0.29, 0.717) is 30.1 Å². The van der Waals surface area contributed by atoms with E-state index in [1.807, 2.05) is 19.9 Å². The van der Waals surface area contributed by atoms with Crippen LogP contribution in [0.1, 0.15) is 18.2 Å². The van der Waals surface area contributed by atoms with Crippen LogP contribution in [-0.2, 0) is 6.42 Å². The third-order valence-corrected chi connectivity index (χ3v) is 3.36. The number of H-pyrrole nitrogens is 1. The number of benzene rings is 1. The lowest BCUT2D eigenvalue weighted by atomic mass is 10.1. The molecular weight excluding hydrogens is 230 g/mol. The van der Waals surface area contributed by atoms with Gasteiger partial charge >= 0.3 is 0 Å². The van der Waals surface area contributed by atoms with Gasteiger partial charge in [0.1, 0.15) is 13.2 Å². The van der Waals surface area contributed by atoms with Gasteiger partial charge in [-0.1, -0.05) is 6.92 Å². The fourth-order valence-electron chi connectivity index (χ4n) is 2.33. The van der Waals surface area contributed by atoms with Gasteiger partial charge in [-0.3, -0.25) is 4.79 Å². The van der Waals surface area contributed by atoms with Gasteiger partial charge in [-0.2, -0.15) is 0 Å². The predicted molar refractivity (Wildman–Crippen MR) is 69.7 cm³/mol. The number of fused-ring (bicyclic) bond motifs is 2. The molecule has 0 amide bonds. The molecule has 18 heavy (non-hydrogen) atoms. The Bertz CT molecular complexity index is 673. The molecule has 94 valence electrons. The third-order valence-electron chi connectivity index (χ3n) is 3.36. The summed E-state index contributed by atoms with van der Waals surface area (Å²) < 4.78 is 11.0. The van der Waals surface area contributed by atoms with Crippen LogP contribution in [0, 0.1) is 6.92 Å². The molecule has 0 saturated heterocycles. The van der Waals surface area contributed by atoms with E-state index in [9.17, 15) is 4.79 Å². The lowest BCUT2D eigenvalue weighted by Gasteiger charge is -2.19. The van der Waals surface area contributed by atoms with Crippen molar-refractivity contribution in [3.8, 4) is 11.5 Å². The van der Waals surface area contributed by atoms with Gasteiger partial charge in [0, 0.05) is 22.7 Å². The molecule has 2 aromatic rings. The van der Waals surface area contributed by atoms with Gasteiger partial charge in [0.05, 0.1) is 5.52 Å². The fraction of sp³-hybridized carbons (Fsp3) is 0.357. The Morgan fingerprint density at radius 1 is 1.22 bits per heavy atom. The summed E-state index contributed by atoms with van der Waals surface area (Å²) >= 11 is 0. The molecule has 0 atom stereocenters. The molecular formula is C14H15NO3. The van der Waals surface area contributed by atoms with Crippen LogP contribution in [-0.4, -0.2) is 18.2 Å². The van der Waals surface area contributed by atoms with Crippen molar-refractivity contribution in [1.29, 1.82) is 0 Å². The SMILES string of the molecule is CCc1[nH]c2cc3c(cc2c(=O)c1C)OCCO3. The number of ether oxygens (including phenoxy) is 2. The van der Waals surface area contributed by atoms with Gasteiger partial charge in [0.2, 0.25) is 0 Å². The topological polar surface area (TPSA) is 51.3 Å². The maximum Gasteiger partial charge on any atom is 0.192 e. The van der Waals surface area contributed by atoms with Crippen molar-refractivity contribution in [2.45, 2.75) is 20.3 Å². The first kappa shape index (κ1) is 11.1. The van der Waals surface area contributed by atoms with Gasteiger partial charge < -0.3 is 14.5 Å². The maximum absolute atomic E-state index is 12.3. The van der Waals surface area contributed by atoms with Gasteiger partial charge in [0.15, 0.2) is 16.9 Å². The molecule has 2 heterocycles. The second kappa shape index (κ2) is 4.05. The zero-order chi connectivity index (χ0) is 12.7. The fourth-order valence-corrected chi connectivity index (χ4v) is 2.33. The van der Waals surface area contributed by atoms with Crippen molar-refractivity contribution >= 4 is 10.9 Å². The molecule has 1 aliphatic rings. The Morgan fingerprint density at radius 3 is 2.56 bits per heavy atom. The molecule has 1 aliphatic heterocycles. The minimum atomic E-state index is 0.0672. The van der Waals surface area contributed by atoms with Crippen LogP contribution in [0.25, 0.3) is 10.9 Å². The van der Waals surface area contributed by atoms with E-state index < -0.39 is 0 Å². The molecule has 0 aliphatic carbocycles. The average molecular weight is 245 g/mol. The highest BCUT2D eigenvalue weighted by Gasteiger charge is 2.15. The molecule has 0 spiro atoms. The minimum absolute atomic E-state index is 0.0672. The van der Waals surface area contributed by atoms with Crippen LogP contribution < -0.4 is 14.9 Å². The van der Waals surface area contributed by atoms with E-state index in [1.165, 1.54) is 0 Å². The second-order valence-electron chi connectivity index (χ2n) is 4.45. The summed E-state index contributed by atoms with van der Waals surface area (Å²) in [5, 5.41) is 0.661. The Hall–Kier alpha value is -1.97.